The van der Waals surface area contributed by atoms with Crippen molar-refractivity contribution in [2.75, 3.05) is 5.32 Å². The van der Waals surface area contributed by atoms with Crippen molar-refractivity contribution >= 4 is 23.5 Å². The van der Waals surface area contributed by atoms with Crippen LogP contribution in [-0.2, 0) is 0 Å². The molecule has 4 rings (SSSR count). The lowest BCUT2D eigenvalue weighted by Crippen LogP contribution is -2.17. The second-order valence-corrected chi connectivity index (χ2v) is 5.89. The molecule has 0 spiro atoms. The number of aromatic nitrogens is 5. The summed E-state index contributed by atoms with van der Waals surface area (Å²) in [6.07, 6.45) is 1.32. The third kappa shape index (κ3) is 3.20. The zero-order chi connectivity index (χ0) is 17.9. The van der Waals surface area contributed by atoms with Crippen LogP contribution in [0.25, 0.3) is 16.9 Å². The van der Waals surface area contributed by atoms with E-state index < -0.39 is 0 Å². The van der Waals surface area contributed by atoms with Gasteiger partial charge in [0.1, 0.15) is 12.0 Å². The number of anilines is 1. The average Bonchev–Trinajstić information content (AvgIpc) is 3.33. The van der Waals surface area contributed by atoms with Gasteiger partial charge in [0, 0.05) is 10.6 Å². The van der Waals surface area contributed by atoms with Gasteiger partial charge in [-0.05, 0) is 30.3 Å². The van der Waals surface area contributed by atoms with E-state index in [2.05, 4.69) is 25.6 Å². The van der Waals surface area contributed by atoms with Gasteiger partial charge in [-0.3, -0.25) is 10.1 Å². The molecule has 0 saturated heterocycles. The Kier molecular flexibility index (Phi) is 4.20. The molecule has 4 aromatic rings. The minimum Gasteiger partial charge on any atom is -0.289 e. The zero-order valence-corrected chi connectivity index (χ0v) is 14.2. The van der Waals surface area contributed by atoms with Crippen LogP contribution < -0.4 is 5.32 Å². The second kappa shape index (κ2) is 6.81. The lowest BCUT2D eigenvalue weighted by atomic mass is 10.1. The van der Waals surface area contributed by atoms with Crippen LogP contribution in [0.15, 0.2) is 67.0 Å². The molecular weight excluding hydrogens is 352 g/mol. The number of carbonyl (C=O) groups excluding carboxylic acids is 1. The maximum atomic E-state index is 12.7. The molecule has 0 aliphatic heterocycles. The second-order valence-electron chi connectivity index (χ2n) is 5.46. The largest absolute Gasteiger partial charge is 0.289 e. The minimum absolute atomic E-state index is 0.267. The van der Waals surface area contributed by atoms with E-state index in [1.807, 2.05) is 42.5 Å². The fourth-order valence-electron chi connectivity index (χ4n) is 2.51. The van der Waals surface area contributed by atoms with E-state index in [0.29, 0.717) is 16.4 Å². The summed E-state index contributed by atoms with van der Waals surface area (Å²) >= 11 is 5.96. The highest BCUT2D eigenvalue weighted by Crippen LogP contribution is 2.23. The molecule has 128 valence electrons. The number of rotatable bonds is 4. The molecule has 0 aliphatic carbocycles. The van der Waals surface area contributed by atoms with Gasteiger partial charge in [-0.15, -0.1) is 0 Å². The number of benzene rings is 2. The molecule has 2 aromatic heterocycles. The van der Waals surface area contributed by atoms with Gasteiger partial charge in [-0.1, -0.05) is 41.9 Å². The summed E-state index contributed by atoms with van der Waals surface area (Å²) in [5.41, 5.74) is 2.67. The fraction of sp³-hybridized carbons (Fsp3) is 0. The van der Waals surface area contributed by atoms with Gasteiger partial charge < -0.3 is 0 Å². The first-order valence-corrected chi connectivity index (χ1v) is 8.16. The highest BCUT2D eigenvalue weighted by molar-refractivity contribution is 6.30. The van der Waals surface area contributed by atoms with Crippen LogP contribution >= 0.6 is 11.6 Å². The Bertz CT molecular complexity index is 1030. The topological polar surface area (TPSA) is 88.5 Å². The normalized spacial score (nSPS) is 10.7. The standard InChI is InChI=1S/C18H13ClN6O/c19-13-8-6-12(7-9-13)15-10-16(17(26)22-18-20-11-21-23-18)25(24-15)14-4-2-1-3-5-14/h1-11H,(H2,20,21,22,23,26). The third-order valence-electron chi connectivity index (χ3n) is 3.73. The van der Waals surface area contributed by atoms with E-state index in [1.54, 1.807) is 22.9 Å². The molecule has 0 unspecified atom stereocenters. The number of hydrogen-bond acceptors (Lipinski definition) is 4. The Morgan fingerprint density at radius 3 is 2.54 bits per heavy atom. The molecule has 1 amide bonds. The van der Waals surface area contributed by atoms with Crippen LogP contribution in [0.4, 0.5) is 5.95 Å². The highest BCUT2D eigenvalue weighted by atomic mass is 35.5. The van der Waals surface area contributed by atoms with E-state index in [-0.39, 0.29) is 11.9 Å². The molecule has 2 N–H and O–H groups in total. The minimum atomic E-state index is -0.349. The molecule has 0 bridgehead atoms. The number of halogens is 1. The van der Waals surface area contributed by atoms with Gasteiger partial charge in [0.2, 0.25) is 5.95 Å². The molecular formula is C18H13ClN6O. The number of aromatic amines is 1. The summed E-state index contributed by atoms with van der Waals surface area (Å²) in [5.74, 6) is -0.0813. The van der Waals surface area contributed by atoms with Gasteiger partial charge >= 0.3 is 0 Å². The zero-order valence-electron chi connectivity index (χ0n) is 13.4. The molecule has 0 saturated carbocycles. The summed E-state index contributed by atoms with van der Waals surface area (Å²) in [5, 5.41) is 14.2. The van der Waals surface area contributed by atoms with Crippen LogP contribution in [0.1, 0.15) is 10.5 Å². The molecule has 0 aliphatic rings. The molecule has 7 nitrogen and oxygen atoms in total. The first-order chi connectivity index (χ1) is 12.7. The Balaban J connectivity index is 1.77. The number of nitrogens with one attached hydrogen (secondary N) is 2. The SMILES string of the molecule is O=C(Nc1ncn[nH]1)c1cc(-c2ccc(Cl)cc2)nn1-c1ccccc1. The van der Waals surface area contributed by atoms with Gasteiger partial charge in [0.25, 0.3) is 5.91 Å². The Morgan fingerprint density at radius 1 is 1.08 bits per heavy atom. The average molecular weight is 365 g/mol. The molecule has 0 atom stereocenters. The van der Waals surface area contributed by atoms with E-state index in [0.717, 1.165) is 11.3 Å². The third-order valence-corrected chi connectivity index (χ3v) is 3.98. The molecule has 2 heterocycles. The van der Waals surface area contributed by atoms with Crippen LogP contribution in [0.2, 0.25) is 5.02 Å². The van der Waals surface area contributed by atoms with Crippen LogP contribution in [0.3, 0.4) is 0 Å². The number of amides is 1. The predicted molar refractivity (Wildman–Crippen MR) is 98.3 cm³/mol. The van der Waals surface area contributed by atoms with E-state index >= 15 is 0 Å². The van der Waals surface area contributed by atoms with Crippen molar-refractivity contribution in [1.29, 1.82) is 0 Å². The van der Waals surface area contributed by atoms with Gasteiger partial charge in [0.05, 0.1) is 11.4 Å². The lowest BCUT2D eigenvalue weighted by Gasteiger charge is -2.06. The maximum absolute atomic E-state index is 12.7. The van der Waals surface area contributed by atoms with Crippen LogP contribution in [-0.4, -0.2) is 30.9 Å². The van der Waals surface area contributed by atoms with E-state index in [1.165, 1.54) is 6.33 Å². The van der Waals surface area contributed by atoms with Crippen molar-refractivity contribution in [1.82, 2.24) is 25.0 Å². The van der Waals surface area contributed by atoms with Crippen LogP contribution in [0.5, 0.6) is 0 Å². The summed E-state index contributed by atoms with van der Waals surface area (Å²) in [7, 11) is 0. The number of hydrogen-bond donors (Lipinski definition) is 2. The van der Waals surface area contributed by atoms with Crippen molar-refractivity contribution in [3.05, 3.63) is 77.7 Å². The molecule has 2 aromatic carbocycles. The monoisotopic (exact) mass is 364 g/mol. The van der Waals surface area contributed by atoms with Gasteiger partial charge in [0.15, 0.2) is 0 Å². The Hall–Kier alpha value is -3.45. The molecule has 0 fully saturated rings. The van der Waals surface area contributed by atoms with Crippen molar-refractivity contribution < 1.29 is 4.79 Å². The fourth-order valence-corrected chi connectivity index (χ4v) is 2.63. The molecule has 26 heavy (non-hydrogen) atoms. The Labute approximate surface area is 153 Å². The Morgan fingerprint density at radius 2 is 1.85 bits per heavy atom. The summed E-state index contributed by atoms with van der Waals surface area (Å²) < 4.78 is 1.59. The first kappa shape index (κ1) is 16.0. The van der Waals surface area contributed by atoms with E-state index in [4.69, 9.17) is 11.6 Å². The predicted octanol–water partition coefficient (Wildman–Crippen LogP) is 3.56. The summed E-state index contributed by atoms with van der Waals surface area (Å²) in [6, 6.07) is 18.4. The highest BCUT2D eigenvalue weighted by Gasteiger charge is 2.18. The lowest BCUT2D eigenvalue weighted by molar-refractivity contribution is 0.101. The summed E-state index contributed by atoms with van der Waals surface area (Å²) in [6.45, 7) is 0. The van der Waals surface area contributed by atoms with E-state index in [9.17, 15) is 4.79 Å². The van der Waals surface area contributed by atoms with Gasteiger partial charge in [-0.2, -0.15) is 15.2 Å². The van der Waals surface area contributed by atoms with Crippen molar-refractivity contribution in [2.45, 2.75) is 0 Å². The number of H-pyrrole nitrogens is 1. The number of carbonyl (C=O) groups is 1. The quantitative estimate of drug-likeness (QED) is 0.579. The number of para-hydroxylation sites is 1. The van der Waals surface area contributed by atoms with Crippen molar-refractivity contribution in [3.63, 3.8) is 0 Å². The van der Waals surface area contributed by atoms with Crippen molar-refractivity contribution in [3.8, 4) is 16.9 Å². The van der Waals surface area contributed by atoms with Gasteiger partial charge in [-0.25, -0.2) is 9.78 Å². The maximum Gasteiger partial charge on any atom is 0.276 e. The molecule has 8 heteroatoms. The molecule has 0 radical (unpaired) electrons. The summed E-state index contributed by atoms with van der Waals surface area (Å²) in [4.78, 5) is 16.6. The smallest absolute Gasteiger partial charge is 0.276 e. The first-order valence-electron chi connectivity index (χ1n) is 7.79. The van der Waals surface area contributed by atoms with Crippen molar-refractivity contribution in [2.24, 2.45) is 0 Å². The number of nitrogens with zero attached hydrogens (tertiary/aromatic N) is 4. The van der Waals surface area contributed by atoms with Crippen LogP contribution in [0, 0.1) is 0 Å².